The number of carbonyl (C=O) groups excluding carboxylic acids is 1. The first-order valence-corrected chi connectivity index (χ1v) is 7.19. The highest BCUT2D eigenvalue weighted by Crippen LogP contribution is 2.22. The first kappa shape index (κ1) is 13.2. The van der Waals surface area contributed by atoms with Crippen LogP contribution in [0.25, 0.3) is 0 Å². The van der Waals surface area contributed by atoms with Gasteiger partial charge in [0.15, 0.2) is 0 Å². The highest BCUT2D eigenvalue weighted by Gasteiger charge is 2.10. The van der Waals surface area contributed by atoms with Crippen molar-refractivity contribution in [1.29, 1.82) is 0 Å². The number of carbonyl (C=O) groups is 1. The zero-order valence-electron chi connectivity index (χ0n) is 10.2. The van der Waals surface area contributed by atoms with Crippen molar-refractivity contribution in [1.82, 2.24) is 10.3 Å². The minimum Gasteiger partial charge on any atom is -0.347 e. The third-order valence-corrected chi connectivity index (χ3v) is 4.50. The van der Waals surface area contributed by atoms with Crippen LogP contribution >= 0.6 is 27.3 Å². The van der Waals surface area contributed by atoms with Gasteiger partial charge in [0.05, 0.1) is 17.8 Å². The van der Waals surface area contributed by atoms with Gasteiger partial charge in [0.1, 0.15) is 0 Å². The summed E-state index contributed by atoms with van der Waals surface area (Å²) in [4.78, 5) is 17.4. The molecule has 1 amide bonds. The second kappa shape index (κ2) is 5.63. The van der Waals surface area contributed by atoms with Crippen molar-refractivity contribution in [2.45, 2.75) is 20.4 Å². The Bertz CT molecular complexity index is 580. The SMILES string of the molecule is Cc1ccc(C(=O)NCc2sccc2Br)c(C)n1. The first-order valence-electron chi connectivity index (χ1n) is 5.52. The van der Waals surface area contributed by atoms with Gasteiger partial charge >= 0.3 is 0 Å². The highest BCUT2D eigenvalue weighted by atomic mass is 79.9. The summed E-state index contributed by atoms with van der Waals surface area (Å²) in [6, 6.07) is 5.64. The van der Waals surface area contributed by atoms with Gasteiger partial charge in [-0.25, -0.2) is 0 Å². The zero-order valence-corrected chi connectivity index (χ0v) is 12.6. The van der Waals surface area contributed by atoms with Crippen LogP contribution in [0.5, 0.6) is 0 Å². The van der Waals surface area contributed by atoms with Crippen molar-refractivity contribution < 1.29 is 4.79 Å². The summed E-state index contributed by atoms with van der Waals surface area (Å²) in [6.07, 6.45) is 0. The quantitative estimate of drug-likeness (QED) is 0.939. The lowest BCUT2D eigenvalue weighted by Gasteiger charge is -2.07. The van der Waals surface area contributed by atoms with E-state index in [0.29, 0.717) is 12.1 Å². The van der Waals surface area contributed by atoms with Crippen LogP contribution in [0.4, 0.5) is 0 Å². The Kier molecular flexibility index (Phi) is 4.14. The molecule has 2 aromatic rings. The number of amides is 1. The summed E-state index contributed by atoms with van der Waals surface area (Å²) < 4.78 is 1.03. The molecule has 5 heteroatoms. The van der Waals surface area contributed by atoms with E-state index < -0.39 is 0 Å². The molecule has 0 aliphatic rings. The number of nitrogens with one attached hydrogen (secondary N) is 1. The summed E-state index contributed by atoms with van der Waals surface area (Å²) in [7, 11) is 0. The lowest BCUT2D eigenvalue weighted by Crippen LogP contribution is -2.23. The Morgan fingerprint density at radius 2 is 2.17 bits per heavy atom. The fourth-order valence-corrected chi connectivity index (χ4v) is 3.07. The summed E-state index contributed by atoms with van der Waals surface area (Å²) in [5.41, 5.74) is 2.32. The van der Waals surface area contributed by atoms with Crippen molar-refractivity contribution >= 4 is 33.2 Å². The van der Waals surface area contributed by atoms with E-state index in [-0.39, 0.29) is 5.91 Å². The van der Waals surface area contributed by atoms with Gasteiger partial charge in [-0.05, 0) is 53.4 Å². The topological polar surface area (TPSA) is 42.0 Å². The Balaban J connectivity index is 2.06. The van der Waals surface area contributed by atoms with Gasteiger partial charge in [0, 0.05) is 15.0 Å². The van der Waals surface area contributed by atoms with E-state index in [9.17, 15) is 4.79 Å². The van der Waals surface area contributed by atoms with Crippen LogP contribution in [-0.4, -0.2) is 10.9 Å². The zero-order chi connectivity index (χ0) is 13.1. The molecule has 3 nitrogen and oxygen atoms in total. The minimum absolute atomic E-state index is 0.0831. The largest absolute Gasteiger partial charge is 0.347 e. The molecular formula is C13H13BrN2OS. The molecular weight excluding hydrogens is 312 g/mol. The molecule has 2 heterocycles. The van der Waals surface area contributed by atoms with E-state index in [1.165, 1.54) is 0 Å². The van der Waals surface area contributed by atoms with Gasteiger partial charge in [-0.1, -0.05) is 0 Å². The Morgan fingerprint density at radius 1 is 1.39 bits per heavy atom. The lowest BCUT2D eigenvalue weighted by atomic mass is 10.1. The van der Waals surface area contributed by atoms with E-state index in [1.54, 1.807) is 11.3 Å². The standard InChI is InChI=1S/C13H13BrN2OS/c1-8-3-4-10(9(2)16-8)13(17)15-7-12-11(14)5-6-18-12/h3-6H,7H2,1-2H3,(H,15,17). The highest BCUT2D eigenvalue weighted by molar-refractivity contribution is 9.10. The van der Waals surface area contributed by atoms with Crippen molar-refractivity contribution in [3.05, 3.63) is 49.9 Å². The maximum atomic E-state index is 12.0. The van der Waals surface area contributed by atoms with E-state index >= 15 is 0 Å². The van der Waals surface area contributed by atoms with Crippen LogP contribution < -0.4 is 5.32 Å². The molecule has 18 heavy (non-hydrogen) atoms. The van der Waals surface area contributed by atoms with Crippen LogP contribution in [0.1, 0.15) is 26.6 Å². The lowest BCUT2D eigenvalue weighted by molar-refractivity contribution is 0.0950. The van der Waals surface area contributed by atoms with Gasteiger partial charge in [-0.2, -0.15) is 0 Å². The summed E-state index contributed by atoms with van der Waals surface area (Å²) in [5.74, 6) is -0.0831. The predicted molar refractivity (Wildman–Crippen MR) is 76.9 cm³/mol. The average Bonchev–Trinajstić information content (AvgIpc) is 2.72. The number of rotatable bonds is 3. The maximum Gasteiger partial charge on any atom is 0.253 e. The minimum atomic E-state index is -0.0831. The van der Waals surface area contributed by atoms with Crippen molar-refractivity contribution in [2.24, 2.45) is 0 Å². The smallest absolute Gasteiger partial charge is 0.253 e. The van der Waals surface area contributed by atoms with Crippen LogP contribution in [0.2, 0.25) is 0 Å². The molecule has 94 valence electrons. The third kappa shape index (κ3) is 2.97. The number of pyridine rings is 1. The molecule has 0 fully saturated rings. The summed E-state index contributed by atoms with van der Waals surface area (Å²) in [6.45, 7) is 4.30. The van der Waals surface area contributed by atoms with E-state index in [0.717, 1.165) is 20.7 Å². The Labute approximate surface area is 118 Å². The summed E-state index contributed by atoms with van der Waals surface area (Å²) >= 11 is 5.06. The first-order chi connectivity index (χ1) is 8.58. The fourth-order valence-electron chi connectivity index (χ4n) is 1.63. The molecule has 0 bridgehead atoms. The number of hydrogen-bond acceptors (Lipinski definition) is 3. The molecule has 0 radical (unpaired) electrons. The Hall–Kier alpha value is -1.20. The second-order valence-corrected chi connectivity index (χ2v) is 5.81. The molecule has 0 atom stereocenters. The van der Waals surface area contributed by atoms with Gasteiger partial charge in [0.2, 0.25) is 0 Å². The van der Waals surface area contributed by atoms with Gasteiger partial charge in [-0.3, -0.25) is 9.78 Å². The van der Waals surface area contributed by atoms with Gasteiger partial charge < -0.3 is 5.32 Å². The molecule has 0 aliphatic carbocycles. The maximum absolute atomic E-state index is 12.0. The fraction of sp³-hybridized carbons (Fsp3) is 0.231. The van der Waals surface area contributed by atoms with Crippen molar-refractivity contribution in [3.8, 4) is 0 Å². The number of aryl methyl sites for hydroxylation is 2. The molecule has 0 unspecified atom stereocenters. The van der Waals surface area contributed by atoms with E-state index in [1.807, 2.05) is 37.4 Å². The predicted octanol–water partition coefficient (Wildman–Crippen LogP) is 3.45. The van der Waals surface area contributed by atoms with Crippen molar-refractivity contribution in [2.75, 3.05) is 0 Å². The summed E-state index contributed by atoms with van der Waals surface area (Å²) in [5, 5.41) is 4.89. The van der Waals surface area contributed by atoms with E-state index in [2.05, 4.69) is 26.2 Å². The second-order valence-electron chi connectivity index (χ2n) is 3.96. The average molecular weight is 325 g/mol. The normalized spacial score (nSPS) is 10.4. The van der Waals surface area contributed by atoms with Crippen LogP contribution in [0.3, 0.4) is 0 Å². The molecule has 0 saturated heterocycles. The molecule has 0 saturated carbocycles. The Morgan fingerprint density at radius 3 is 2.78 bits per heavy atom. The molecule has 1 N–H and O–H groups in total. The van der Waals surface area contributed by atoms with Crippen LogP contribution in [-0.2, 0) is 6.54 Å². The molecule has 2 aromatic heterocycles. The number of hydrogen-bond donors (Lipinski definition) is 1. The molecule has 0 aromatic carbocycles. The number of aromatic nitrogens is 1. The monoisotopic (exact) mass is 324 g/mol. The van der Waals surface area contributed by atoms with Crippen LogP contribution in [0.15, 0.2) is 28.1 Å². The number of nitrogens with zero attached hydrogens (tertiary/aromatic N) is 1. The van der Waals surface area contributed by atoms with Gasteiger partial charge in [0.25, 0.3) is 5.91 Å². The molecule has 0 spiro atoms. The van der Waals surface area contributed by atoms with Crippen molar-refractivity contribution in [3.63, 3.8) is 0 Å². The molecule has 0 aliphatic heterocycles. The number of halogens is 1. The van der Waals surface area contributed by atoms with E-state index in [4.69, 9.17) is 0 Å². The number of thiophene rings is 1. The van der Waals surface area contributed by atoms with Gasteiger partial charge in [-0.15, -0.1) is 11.3 Å². The van der Waals surface area contributed by atoms with Crippen LogP contribution in [0, 0.1) is 13.8 Å². The third-order valence-electron chi connectivity index (χ3n) is 2.57. The molecule has 2 rings (SSSR count).